The van der Waals surface area contributed by atoms with Gasteiger partial charge in [0.25, 0.3) is 5.56 Å². The van der Waals surface area contributed by atoms with Crippen molar-refractivity contribution in [1.29, 1.82) is 0 Å². The molecule has 1 N–H and O–H groups in total. The van der Waals surface area contributed by atoms with E-state index in [1.165, 1.54) is 0 Å². The molecule has 0 amide bonds. The molecule has 1 aliphatic heterocycles. The maximum absolute atomic E-state index is 13.8. The van der Waals surface area contributed by atoms with Crippen LogP contribution in [0.4, 0.5) is 18.9 Å². The molecule has 2 aromatic rings. The molecule has 2 heterocycles. The van der Waals surface area contributed by atoms with E-state index >= 15 is 0 Å². The number of aromatic nitrogens is 1. The van der Waals surface area contributed by atoms with Gasteiger partial charge >= 0.3 is 0 Å². The predicted octanol–water partition coefficient (Wildman–Crippen LogP) is 3.10. The summed E-state index contributed by atoms with van der Waals surface area (Å²) in [7, 11) is 1.67. The normalized spacial score (nSPS) is 15.4. The molecule has 1 aromatic carbocycles. The summed E-state index contributed by atoms with van der Waals surface area (Å²) in [4.78, 5) is 12.5. The van der Waals surface area contributed by atoms with Gasteiger partial charge in [-0.15, -0.1) is 0 Å². The van der Waals surface area contributed by atoms with Crippen molar-refractivity contribution in [3.8, 4) is 0 Å². The number of pyridine rings is 1. The fourth-order valence-electron chi connectivity index (χ4n) is 3.19. The van der Waals surface area contributed by atoms with Crippen LogP contribution in [0.3, 0.4) is 0 Å². The molecule has 0 spiro atoms. The summed E-state index contributed by atoms with van der Waals surface area (Å²) in [5.41, 5.74) is 1.55. The number of halogens is 3. The Morgan fingerprint density at radius 3 is 2.43 bits per heavy atom. The van der Waals surface area contributed by atoms with E-state index in [-0.39, 0.29) is 23.0 Å². The van der Waals surface area contributed by atoms with Crippen LogP contribution in [0, 0.1) is 17.5 Å². The molecule has 0 fully saturated rings. The molecule has 0 aliphatic carbocycles. The van der Waals surface area contributed by atoms with Crippen LogP contribution < -0.4 is 10.9 Å². The Kier molecular flexibility index (Phi) is 3.50. The number of nitrogens with one attached hydrogen (secondary N) is 1. The molecular weight excluding hydrogens is 305 g/mol. The highest BCUT2D eigenvalue weighted by Crippen LogP contribution is 2.35. The topological polar surface area (TPSA) is 34.0 Å². The van der Waals surface area contributed by atoms with Gasteiger partial charge in [-0.05, 0) is 17.7 Å². The number of hydrogen-bond acceptors (Lipinski definition) is 2. The van der Waals surface area contributed by atoms with Crippen LogP contribution in [0.25, 0.3) is 0 Å². The van der Waals surface area contributed by atoms with Gasteiger partial charge < -0.3 is 9.88 Å². The number of nitrogens with zero attached hydrogens (tertiary/aromatic N) is 1. The highest BCUT2D eigenvalue weighted by molar-refractivity contribution is 5.58. The molecule has 23 heavy (non-hydrogen) atoms. The van der Waals surface area contributed by atoms with E-state index in [4.69, 9.17) is 0 Å². The molecule has 3 rings (SSSR count). The first-order valence-electron chi connectivity index (χ1n) is 7.31. The third kappa shape index (κ3) is 2.52. The third-order valence-electron chi connectivity index (χ3n) is 4.32. The summed E-state index contributed by atoms with van der Waals surface area (Å²) in [6, 6.07) is 2.98. The highest BCUT2D eigenvalue weighted by atomic mass is 19.2. The van der Waals surface area contributed by atoms with Gasteiger partial charge in [-0.25, -0.2) is 13.2 Å². The molecule has 6 heteroatoms. The lowest BCUT2D eigenvalue weighted by Crippen LogP contribution is -2.30. The summed E-state index contributed by atoms with van der Waals surface area (Å²) < 4.78 is 41.7. The molecule has 1 aromatic heterocycles. The fraction of sp³-hybridized carbons (Fsp3) is 0.353. The largest absolute Gasteiger partial charge is 0.383 e. The molecule has 1 aliphatic rings. The summed E-state index contributed by atoms with van der Waals surface area (Å²) in [6.45, 7) is 4.75. The molecule has 3 nitrogen and oxygen atoms in total. The van der Waals surface area contributed by atoms with Crippen LogP contribution in [0.2, 0.25) is 0 Å². The average molecular weight is 322 g/mol. The van der Waals surface area contributed by atoms with Gasteiger partial charge in [-0.2, -0.15) is 0 Å². The summed E-state index contributed by atoms with van der Waals surface area (Å²) in [5.74, 6) is -3.23. The SMILES string of the molecule is Cn1c2c(cc(Cc3cc(F)c(F)cc3F)c1=O)NCC2(C)C. The van der Waals surface area contributed by atoms with Crippen molar-refractivity contribution in [3.63, 3.8) is 0 Å². The summed E-state index contributed by atoms with van der Waals surface area (Å²) in [5, 5.41) is 3.23. The van der Waals surface area contributed by atoms with Crippen LogP contribution >= 0.6 is 0 Å². The van der Waals surface area contributed by atoms with Crippen LogP contribution in [0.5, 0.6) is 0 Å². The first kappa shape index (κ1) is 15.6. The minimum Gasteiger partial charge on any atom is -0.383 e. The number of rotatable bonds is 2. The van der Waals surface area contributed by atoms with Gasteiger partial charge in [0.2, 0.25) is 0 Å². The van der Waals surface area contributed by atoms with E-state index in [0.29, 0.717) is 18.2 Å². The van der Waals surface area contributed by atoms with Crippen molar-refractivity contribution in [3.05, 3.63) is 62.8 Å². The lowest BCUT2D eigenvalue weighted by molar-refractivity contribution is 0.491. The lowest BCUT2D eigenvalue weighted by Gasteiger charge is -2.20. The zero-order valence-electron chi connectivity index (χ0n) is 13.1. The van der Waals surface area contributed by atoms with Gasteiger partial charge in [0, 0.05) is 37.1 Å². The minimum atomic E-state index is -1.24. The van der Waals surface area contributed by atoms with Crippen LogP contribution in [-0.4, -0.2) is 11.1 Å². The van der Waals surface area contributed by atoms with Crippen molar-refractivity contribution >= 4 is 5.69 Å². The zero-order valence-corrected chi connectivity index (χ0v) is 13.1. The molecule has 0 saturated carbocycles. The number of benzene rings is 1. The predicted molar refractivity (Wildman–Crippen MR) is 82.3 cm³/mol. The second-order valence-electron chi connectivity index (χ2n) is 6.57. The number of hydrogen-bond donors (Lipinski definition) is 1. The lowest BCUT2D eigenvalue weighted by atomic mass is 9.90. The highest BCUT2D eigenvalue weighted by Gasteiger charge is 2.33. The average Bonchev–Trinajstić information content (AvgIpc) is 2.77. The number of fused-ring (bicyclic) bond motifs is 1. The fourth-order valence-corrected chi connectivity index (χ4v) is 3.19. The minimum absolute atomic E-state index is 0.0433. The van der Waals surface area contributed by atoms with Gasteiger partial charge in [0.15, 0.2) is 11.6 Å². The second kappa shape index (κ2) is 5.15. The van der Waals surface area contributed by atoms with Crippen molar-refractivity contribution in [2.75, 3.05) is 11.9 Å². The second-order valence-corrected chi connectivity index (χ2v) is 6.57. The third-order valence-corrected chi connectivity index (χ3v) is 4.32. The maximum atomic E-state index is 13.8. The van der Waals surface area contributed by atoms with Gasteiger partial charge in [-0.1, -0.05) is 13.8 Å². The Bertz CT molecular complexity index is 856. The Morgan fingerprint density at radius 2 is 1.74 bits per heavy atom. The molecule has 0 radical (unpaired) electrons. The maximum Gasteiger partial charge on any atom is 0.254 e. The summed E-state index contributed by atoms with van der Waals surface area (Å²) >= 11 is 0. The van der Waals surface area contributed by atoms with E-state index in [9.17, 15) is 18.0 Å². The molecule has 122 valence electrons. The van der Waals surface area contributed by atoms with Crippen LogP contribution in [0.1, 0.15) is 30.7 Å². The van der Waals surface area contributed by atoms with Gasteiger partial charge in [0.1, 0.15) is 5.82 Å². The van der Waals surface area contributed by atoms with E-state index in [0.717, 1.165) is 17.4 Å². The molecule has 0 atom stereocenters. The molecule has 0 bridgehead atoms. The van der Waals surface area contributed by atoms with Crippen LogP contribution in [0.15, 0.2) is 23.0 Å². The number of anilines is 1. The molecule has 0 unspecified atom stereocenters. The van der Waals surface area contributed by atoms with E-state index in [2.05, 4.69) is 5.32 Å². The Morgan fingerprint density at radius 1 is 1.09 bits per heavy atom. The zero-order chi connectivity index (χ0) is 16.9. The van der Waals surface area contributed by atoms with E-state index in [1.54, 1.807) is 17.7 Å². The Hall–Kier alpha value is -2.24. The van der Waals surface area contributed by atoms with Crippen molar-refractivity contribution < 1.29 is 13.2 Å². The Labute approximate surface area is 131 Å². The van der Waals surface area contributed by atoms with E-state index < -0.39 is 17.5 Å². The first-order valence-corrected chi connectivity index (χ1v) is 7.31. The monoisotopic (exact) mass is 322 g/mol. The first-order chi connectivity index (χ1) is 10.7. The Balaban J connectivity index is 2.08. The van der Waals surface area contributed by atoms with Crippen molar-refractivity contribution in [2.24, 2.45) is 7.05 Å². The molecular formula is C17H17F3N2O. The quantitative estimate of drug-likeness (QED) is 0.862. The molecule has 0 saturated heterocycles. The standard InChI is InChI=1S/C17H17F3N2O/c1-17(2)8-21-14-6-10(16(23)22(3)15(14)17)4-9-5-12(19)13(20)7-11(9)18/h5-7,21H,4,8H2,1-3H3. The van der Waals surface area contributed by atoms with Crippen molar-refractivity contribution in [1.82, 2.24) is 4.57 Å². The van der Waals surface area contributed by atoms with Gasteiger partial charge in [0.05, 0.1) is 11.4 Å². The van der Waals surface area contributed by atoms with Crippen molar-refractivity contribution in [2.45, 2.75) is 25.7 Å². The van der Waals surface area contributed by atoms with E-state index in [1.807, 2.05) is 13.8 Å². The van der Waals surface area contributed by atoms with Gasteiger partial charge in [-0.3, -0.25) is 4.79 Å². The summed E-state index contributed by atoms with van der Waals surface area (Å²) in [6.07, 6.45) is -0.0922. The van der Waals surface area contributed by atoms with Crippen LogP contribution in [-0.2, 0) is 18.9 Å². The smallest absolute Gasteiger partial charge is 0.254 e.